The molecule has 0 aromatic carbocycles. The van der Waals surface area contributed by atoms with Crippen LogP contribution >= 0.6 is 0 Å². The van der Waals surface area contributed by atoms with Gasteiger partial charge in [0, 0.05) is 41.6 Å². The zero-order valence-electron chi connectivity index (χ0n) is 10.2. The van der Waals surface area contributed by atoms with E-state index in [1.165, 1.54) is 0 Å². The molecule has 0 saturated heterocycles. The Bertz CT molecular complexity index is 623. The molecule has 0 bridgehead atoms. The first-order valence-electron chi connectivity index (χ1n) is 5.91. The van der Waals surface area contributed by atoms with E-state index in [0.29, 0.717) is 5.69 Å². The molecule has 0 aliphatic carbocycles. The highest BCUT2D eigenvalue weighted by atomic mass is 14.7. The lowest BCUT2D eigenvalue weighted by Crippen LogP contribution is -1.93. The van der Waals surface area contributed by atoms with Crippen molar-refractivity contribution in [2.45, 2.75) is 0 Å². The van der Waals surface area contributed by atoms with Crippen LogP contribution in [0.2, 0.25) is 0 Å². The van der Waals surface area contributed by atoms with Crippen LogP contribution in [-0.2, 0) is 0 Å². The predicted octanol–water partition coefficient (Wildman–Crippen LogP) is 2.79. The zero-order chi connectivity index (χ0) is 13.1. The maximum Gasteiger partial charge on any atom is 0.0731 e. The quantitative estimate of drug-likeness (QED) is 0.757. The van der Waals surface area contributed by atoms with Gasteiger partial charge in [-0.25, -0.2) is 4.98 Å². The molecule has 4 heteroatoms. The Balaban J connectivity index is 2.12. The molecule has 0 spiro atoms. The summed E-state index contributed by atoms with van der Waals surface area (Å²) >= 11 is 0. The molecule has 0 amide bonds. The van der Waals surface area contributed by atoms with E-state index in [0.717, 1.165) is 22.5 Å². The summed E-state index contributed by atoms with van der Waals surface area (Å²) in [5, 5.41) is 0. The maximum absolute atomic E-state index is 5.96. The second-order valence-electron chi connectivity index (χ2n) is 4.14. The molecule has 0 aliphatic heterocycles. The van der Waals surface area contributed by atoms with Crippen molar-refractivity contribution in [3.8, 4) is 22.5 Å². The van der Waals surface area contributed by atoms with Crippen LogP contribution in [-0.4, -0.2) is 15.0 Å². The fourth-order valence-electron chi connectivity index (χ4n) is 1.89. The van der Waals surface area contributed by atoms with E-state index >= 15 is 0 Å². The van der Waals surface area contributed by atoms with Crippen molar-refractivity contribution in [3.63, 3.8) is 0 Å². The molecular weight excluding hydrogens is 236 g/mol. The summed E-state index contributed by atoms with van der Waals surface area (Å²) < 4.78 is 0. The van der Waals surface area contributed by atoms with Crippen molar-refractivity contribution < 1.29 is 0 Å². The van der Waals surface area contributed by atoms with E-state index in [1.807, 2.05) is 36.4 Å². The zero-order valence-corrected chi connectivity index (χ0v) is 10.2. The van der Waals surface area contributed by atoms with Crippen molar-refractivity contribution >= 4 is 5.69 Å². The van der Waals surface area contributed by atoms with Crippen LogP contribution in [0, 0.1) is 0 Å². The highest BCUT2D eigenvalue weighted by Gasteiger charge is 2.05. The molecule has 0 atom stereocenters. The van der Waals surface area contributed by atoms with Gasteiger partial charge in [0.2, 0.25) is 0 Å². The van der Waals surface area contributed by atoms with Gasteiger partial charge < -0.3 is 5.73 Å². The second kappa shape index (κ2) is 4.86. The average molecular weight is 248 g/mol. The van der Waals surface area contributed by atoms with Gasteiger partial charge in [0.05, 0.1) is 11.4 Å². The van der Waals surface area contributed by atoms with Crippen LogP contribution in [0.4, 0.5) is 5.69 Å². The van der Waals surface area contributed by atoms with Gasteiger partial charge >= 0.3 is 0 Å². The normalized spacial score (nSPS) is 10.3. The largest absolute Gasteiger partial charge is 0.399 e. The number of nitrogen functional groups attached to an aromatic ring is 1. The molecule has 0 saturated carbocycles. The summed E-state index contributed by atoms with van der Waals surface area (Å²) in [6, 6.07) is 11.4. The van der Waals surface area contributed by atoms with Gasteiger partial charge in [-0.05, 0) is 36.4 Å². The Labute approximate surface area is 111 Å². The van der Waals surface area contributed by atoms with Crippen molar-refractivity contribution in [1.82, 2.24) is 15.0 Å². The molecule has 0 unspecified atom stereocenters. The lowest BCUT2D eigenvalue weighted by Gasteiger charge is -2.06. The average Bonchev–Trinajstić information content (AvgIpc) is 2.48. The number of hydrogen-bond donors (Lipinski definition) is 1. The Hall–Kier alpha value is -2.75. The minimum Gasteiger partial charge on any atom is -0.399 e. The number of aromatic nitrogens is 3. The lowest BCUT2D eigenvalue weighted by atomic mass is 10.1. The third-order valence-corrected chi connectivity index (χ3v) is 2.80. The molecule has 3 heterocycles. The Morgan fingerprint density at radius 3 is 1.53 bits per heavy atom. The van der Waals surface area contributed by atoms with Crippen LogP contribution < -0.4 is 5.73 Å². The highest BCUT2D eigenvalue weighted by molar-refractivity contribution is 5.70. The minimum atomic E-state index is 0.689. The molecule has 0 radical (unpaired) electrons. The second-order valence-corrected chi connectivity index (χ2v) is 4.14. The van der Waals surface area contributed by atoms with E-state index < -0.39 is 0 Å². The van der Waals surface area contributed by atoms with Gasteiger partial charge in [-0.1, -0.05) is 0 Å². The van der Waals surface area contributed by atoms with Gasteiger partial charge in [-0.3, -0.25) is 9.97 Å². The van der Waals surface area contributed by atoms with Crippen molar-refractivity contribution in [1.29, 1.82) is 0 Å². The number of rotatable bonds is 2. The first-order chi connectivity index (χ1) is 9.33. The van der Waals surface area contributed by atoms with Gasteiger partial charge in [0.15, 0.2) is 0 Å². The third-order valence-electron chi connectivity index (χ3n) is 2.80. The van der Waals surface area contributed by atoms with E-state index in [1.54, 1.807) is 24.8 Å². The Morgan fingerprint density at radius 1 is 0.684 bits per heavy atom. The van der Waals surface area contributed by atoms with Crippen molar-refractivity contribution in [2.75, 3.05) is 5.73 Å². The van der Waals surface area contributed by atoms with Gasteiger partial charge in [0.1, 0.15) is 0 Å². The van der Waals surface area contributed by atoms with Crippen LogP contribution in [0.5, 0.6) is 0 Å². The fraction of sp³-hybridized carbons (Fsp3) is 0. The number of nitrogens with zero attached hydrogens (tertiary/aromatic N) is 3. The number of anilines is 1. The van der Waals surface area contributed by atoms with Crippen LogP contribution in [0.15, 0.2) is 61.2 Å². The van der Waals surface area contributed by atoms with Gasteiger partial charge in [-0.2, -0.15) is 0 Å². The first-order valence-corrected chi connectivity index (χ1v) is 5.91. The number of pyridine rings is 3. The van der Waals surface area contributed by atoms with Crippen LogP contribution in [0.1, 0.15) is 0 Å². The Kier molecular flexibility index (Phi) is 2.90. The fourth-order valence-corrected chi connectivity index (χ4v) is 1.89. The minimum absolute atomic E-state index is 0.689. The molecule has 19 heavy (non-hydrogen) atoms. The van der Waals surface area contributed by atoms with E-state index in [-0.39, 0.29) is 0 Å². The van der Waals surface area contributed by atoms with Crippen molar-refractivity contribution in [2.24, 2.45) is 0 Å². The molecule has 3 aromatic rings. The Morgan fingerprint density at radius 2 is 1.11 bits per heavy atom. The summed E-state index contributed by atoms with van der Waals surface area (Å²) in [5.74, 6) is 0. The molecule has 3 aromatic heterocycles. The topological polar surface area (TPSA) is 64.7 Å². The molecule has 2 N–H and O–H groups in total. The monoisotopic (exact) mass is 248 g/mol. The van der Waals surface area contributed by atoms with E-state index in [4.69, 9.17) is 5.73 Å². The van der Waals surface area contributed by atoms with Gasteiger partial charge in [0.25, 0.3) is 0 Å². The van der Waals surface area contributed by atoms with E-state index in [9.17, 15) is 0 Å². The molecule has 92 valence electrons. The molecule has 3 rings (SSSR count). The predicted molar refractivity (Wildman–Crippen MR) is 75.1 cm³/mol. The molecule has 0 aliphatic rings. The van der Waals surface area contributed by atoms with Gasteiger partial charge in [-0.15, -0.1) is 0 Å². The first kappa shape index (κ1) is 11.3. The smallest absolute Gasteiger partial charge is 0.0731 e. The molecular formula is C15H12N4. The summed E-state index contributed by atoms with van der Waals surface area (Å²) in [6.07, 6.45) is 6.97. The summed E-state index contributed by atoms with van der Waals surface area (Å²) in [4.78, 5) is 12.7. The van der Waals surface area contributed by atoms with E-state index in [2.05, 4.69) is 15.0 Å². The number of nitrogens with two attached hydrogens (primary N) is 1. The lowest BCUT2D eigenvalue weighted by molar-refractivity contribution is 1.27. The maximum atomic E-state index is 5.96. The highest BCUT2D eigenvalue weighted by Crippen LogP contribution is 2.24. The SMILES string of the molecule is Nc1cc(-c2ccncc2)nc(-c2ccncc2)c1. The van der Waals surface area contributed by atoms with Crippen LogP contribution in [0.3, 0.4) is 0 Å². The van der Waals surface area contributed by atoms with Crippen LogP contribution in [0.25, 0.3) is 22.5 Å². The van der Waals surface area contributed by atoms with Crippen molar-refractivity contribution in [3.05, 3.63) is 61.2 Å². The standard InChI is InChI=1S/C15H12N4/c16-13-9-14(11-1-5-17-6-2-11)19-15(10-13)12-3-7-18-8-4-12/h1-10H,(H2,16,19). The molecule has 0 fully saturated rings. The number of hydrogen-bond acceptors (Lipinski definition) is 4. The summed E-state index contributed by atoms with van der Waals surface area (Å²) in [6.45, 7) is 0. The molecule has 4 nitrogen and oxygen atoms in total. The summed E-state index contributed by atoms with van der Waals surface area (Å²) in [7, 11) is 0. The summed E-state index contributed by atoms with van der Waals surface area (Å²) in [5.41, 5.74) is 10.3. The third kappa shape index (κ3) is 2.42.